The van der Waals surface area contributed by atoms with E-state index in [0.717, 1.165) is 71.3 Å². The molecule has 3 aromatic carbocycles. The molecule has 0 aliphatic heterocycles. The first-order chi connectivity index (χ1) is 20.7. The van der Waals surface area contributed by atoms with Crippen LogP contribution < -0.4 is 0 Å². The molecule has 1 N–H and O–H groups in total. The zero-order valence-corrected chi connectivity index (χ0v) is 24.4. The predicted octanol–water partition coefficient (Wildman–Crippen LogP) is 8.99. The third kappa shape index (κ3) is 8.09. The number of hydrogen-bond donors (Lipinski definition) is 1. The van der Waals surface area contributed by atoms with Crippen molar-refractivity contribution in [3.8, 4) is 22.4 Å². The minimum Gasteiger partial charge on any atom is -0.400 e. The number of halogens is 4. The van der Waals surface area contributed by atoms with E-state index >= 15 is 0 Å². The van der Waals surface area contributed by atoms with E-state index in [9.17, 15) is 18.0 Å². The van der Waals surface area contributed by atoms with Gasteiger partial charge in [-0.25, -0.2) is 4.98 Å². The van der Waals surface area contributed by atoms with E-state index in [2.05, 4.69) is 4.57 Å². The van der Waals surface area contributed by atoms with Gasteiger partial charge in [0, 0.05) is 36.0 Å². The summed E-state index contributed by atoms with van der Waals surface area (Å²) < 4.78 is 40.8. The fourth-order valence-corrected chi connectivity index (χ4v) is 4.87. The van der Waals surface area contributed by atoms with Crippen molar-refractivity contribution < 1.29 is 23.1 Å². The molecule has 0 bridgehead atoms. The number of aliphatic hydroxyl groups excluding tert-OH is 1. The van der Waals surface area contributed by atoms with Crippen LogP contribution in [0.3, 0.4) is 0 Å². The lowest BCUT2D eigenvalue weighted by Crippen LogP contribution is -2.03. The number of aromatic nitrogens is 2. The van der Waals surface area contributed by atoms with Gasteiger partial charge in [-0.05, 0) is 71.5 Å². The molecule has 0 saturated heterocycles. The smallest absolute Gasteiger partial charge is 0.400 e. The molecule has 0 fully saturated rings. The highest BCUT2D eigenvalue weighted by Crippen LogP contribution is 2.31. The number of aldehydes is 1. The van der Waals surface area contributed by atoms with E-state index in [1.807, 2.05) is 92.0 Å². The van der Waals surface area contributed by atoms with Gasteiger partial charge in [0.25, 0.3) is 0 Å². The number of rotatable bonds is 7. The largest absolute Gasteiger partial charge is 0.416 e. The molecule has 43 heavy (non-hydrogen) atoms. The first kappa shape index (κ1) is 31.5. The lowest BCUT2D eigenvalue weighted by atomic mass is 10.0. The Kier molecular flexibility index (Phi) is 10.3. The molecule has 4 aromatic rings. The first-order valence-electron chi connectivity index (χ1n) is 13.5. The Morgan fingerprint density at radius 1 is 0.953 bits per heavy atom. The molecule has 5 rings (SSSR count). The molecule has 1 heterocycles. The van der Waals surface area contributed by atoms with Crippen molar-refractivity contribution in [2.75, 3.05) is 7.11 Å². The summed E-state index contributed by atoms with van der Waals surface area (Å²) in [4.78, 5) is 16.1. The molecule has 1 aliphatic carbocycles. The highest BCUT2D eigenvalue weighted by molar-refractivity contribution is 6.30. The number of aliphatic hydroxyl groups is 1. The van der Waals surface area contributed by atoms with Crippen LogP contribution in [0.25, 0.3) is 34.5 Å². The van der Waals surface area contributed by atoms with Gasteiger partial charge in [-0.2, -0.15) is 13.2 Å². The molecule has 1 aromatic heterocycles. The number of alkyl halides is 3. The zero-order chi connectivity index (χ0) is 31.0. The van der Waals surface area contributed by atoms with Crippen molar-refractivity contribution in [1.82, 2.24) is 9.55 Å². The summed E-state index contributed by atoms with van der Waals surface area (Å²) in [6.07, 6.45) is 10.7. The molecular formula is C35H30ClF3N2O2. The Balaban J connectivity index is 0.00000207. The monoisotopic (exact) mass is 602 g/mol. The van der Waals surface area contributed by atoms with Gasteiger partial charge in [-0.15, -0.1) is 0 Å². The second-order valence-corrected chi connectivity index (χ2v) is 10.3. The Hall–Kier alpha value is -4.46. The highest BCUT2D eigenvalue weighted by atomic mass is 35.5. The number of carbonyl (C=O) groups is 1. The molecule has 0 radical (unpaired) electrons. The third-order valence-corrected chi connectivity index (χ3v) is 7.10. The van der Waals surface area contributed by atoms with Crippen molar-refractivity contribution in [3.63, 3.8) is 0 Å². The molecule has 0 atom stereocenters. The third-order valence-electron chi connectivity index (χ3n) is 6.86. The van der Waals surface area contributed by atoms with E-state index in [-0.39, 0.29) is 0 Å². The number of aryl methyl sites for hydroxylation is 1. The van der Waals surface area contributed by atoms with Crippen LogP contribution >= 0.6 is 11.6 Å². The Bertz CT molecular complexity index is 1690. The van der Waals surface area contributed by atoms with E-state index < -0.39 is 11.7 Å². The maximum atomic E-state index is 12.9. The highest BCUT2D eigenvalue weighted by Gasteiger charge is 2.29. The van der Waals surface area contributed by atoms with Gasteiger partial charge in [0.05, 0.1) is 11.3 Å². The first-order valence-corrected chi connectivity index (χ1v) is 13.8. The van der Waals surface area contributed by atoms with Gasteiger partial charge in [0.1, 0.15) is 12.1 Å². The maximum absolute atomic E-state index is 12.9. The van der Waals surface area contributed by atoms with Gasteiger partial charge < -0.3 is 9.67 Å². The molecule has 0 amide bonds. The lowest BCUT2D eigenvalue weighted by Gasteiger charge is -2.08. The van der Waals surface area contributed by atoms with E-state index in [1.165, 1.54) is 12.1 Å². The number of carbonyl (C=O) groups excluding carboxylic acids is 1. The maximum Gasteiger partial charge on any atom is 0.416 e. The number of imidazole rings is 1. The van der Waals surface area contributed by atoms with E-state index in [1.54, 1.807) is 0 Å². The second-order valence-electron chi connectivity index (χ2n) is 9.82. The summed E-state index contributed by atoms with van der Waals surface area (Å²) in [5.41, 5.74) is 6.39. The van der Waals surface area contributed by atoms with Gasteiger partial charge in [-0.3, -0.25) is 4.79 Å². The van der Waals surface area contributed by atoms with Crippen LogP contribution in [-0.2, 0) is 17.5 Å². The molecule has 0 unspecified atom stereocenters. The van der Waals surface area contributed by atoms with Crippen LogP contribution in [0, 0.1) is 6.92 Å². The fraction of sp³-hybridized carbons (Fsp3) is 0.143. The van der Waals surface area contributed by atoms with Gasteiger partial charge in [-0.1, -0.05) is 84.4 Å². The number of hydrogen-bond acceptors (Lipinski definition) is 3. The normalized spacial score (nSPS) is 13.2. The van der Waals surface area contributed by atoms with Crippen molar-refractivity contribution in [1.29, 1.82) is 0 Å². The molecule has 4 nitrogen and oxygen atoms in total. The van der Waals surface area contributed by atoms with Crippen LogP contribution in [-0.4, -0.2) is 28.1 Å². The molecule has 220 valence electrons. The predicted molar refractivity (Wildman–Crippen MR) is 167 cm³/mol. The van der Waals surface area contributed by atoms with Crippen LogP contribution in [0.4, 0.5) is 13.2 Å². The Morgan fingerprint density at radius 3 is 2.26 bits per heavy atom. The summed E-state index contributed by atoms with van der Waals surface area (Å²) >= 11 is 6.18. The van der Waals surface area contributed by atoms with Crippen LogP contribution in [0.5, 0.6) is 0 Å². The molecule has 0 spiro atoms. The molecule has 0 saturated carbocycles. The quantitative estimate of drug-likeness (QED) is 0.215. The van der Waals surface area contributed by atoms with Gasteiger partial charge in [0.15, 0.2) is 0 Å². The Morgan fingerprint density at radius 2 is 1.63 bits per heavy atom. The van der Waals surface area contributed by atoms with Crippen molar-refractivity contribution >= 4 is 30.0 Å². The number of allylic oxidation sites excluding steroid dienone is 6. The van der Waals surface area contributed by atoms with Crippen molar-refractivity contribution in [2.45, 2.75) is 26.1 Å². The minimum absolute atomic E-state index is 0.596. The zero-order valence-electron chi connectivity index (χ0n) is 23.6. The summed E-state index contributed by atoms with van der Waals surface area (Å²) in [6, 6.07) is 18.5. The molecular weight excluding hydrogens is 573 g/mol. The summed E-state index contributed by atoms with van der Waals surface area (Å²) in [5, 5.41) is 7.67. The topological polar surface area (TPSA) is 55.1 Å². The fourth-order valence-electron chi connectivity index (χ4n) is 4.64. The average molecular weight is 603 g/mol. The number of nitrogens with zero attached hydrogens (tertiary/aromatic N) is 2. The van der Waals surface area contributed by atoms with Gasteiger partial charge >= 0.3 is 6.18 Å². The summed E-state index contributed by atoms with van der Waals surface area (Å²) in [6.45, 7) is 2.59. The van der Waals surface area contributed by atoms with Crippen LogP contribution in [0.1, 0.15) is 28.9 Å². The van der Waals surface area contributed by atoms with Gasteiger partial charge in [0.2, 0.25) is 0 Å². The molecule has 1 aliphatic rings. The van der Waals surface area contributed by atoms with Crippen molar-refractivity contribution in [2.24, 2.45) is 0 Å². The lowest BCUT2D eigenvalue weighted by molar-refractivity contribution is -0.137. The standard InChI is InChI=1S/C34H26ClF3N2O.CH4O/c1-23-19-30(35)16-17-31(23)32-21-40(20-25-3-2-4-26(22-41)6-5-25)33(39-32)18-9-24-7-10-27(11-8-24)28-12-14-29(15-13-28)34(36,37)38;1-2/h2,4-19,21-22H,3,20H2,1H3;2H,1H3/b18-9+;. The SMILES string of the molecule is CO.Cc1cc(Cl)ccc1-c1cn(CC2=CC=C(C=O)C=CC2)c(/C=C/c2ccc(-c3ccc(C(F)(F)F)cc3)cc2)n1. The minimum atomic E-state index is -4.36. The number of benzene rings is 3. The van der Waals surface area contributed by atoms with Crippen LogP contribution in [0.2, 0.25) is 5.02 Å². The summed E-state index contributed by atoms with van der Waals surface area (Å²) in [7, 11) is 1.00. The summed E-state index contributed by atoms with van der Waals surface area (Å²) in [5.74, 6) is 0.759. The Labute approximate surface area is 253 Å². The van der Waals surface area contributed by atoms with E-state index in [4.69, 9.17) is 21.7 Å². The molecule has 8 heteroatoms. The second kappa shape index (κ2) is 14.1. The van der Waals surface area contributed by atoms with Crippen LogP contribution in [0.15, 0.2) is 108 Å². The van der Waals surface area contributed by atoms with E-state index in [0.29, 0.717) is 22.7 Å². The average Bonchev–Trinajstić information content (AvgIpc) is 3.25. The van der Waals surface area contributed by atoms with Crippen molar-refractivity contribution in [3.05, 3.63) is 136 Å².